The quantitative estimate of drug-likeness (QED) is 0.408. The fourth-order valence-corrected chi connectivity index (χ4v) is 4.20. The molecule has 2 aromatic rings. The van der Waals surface area contributed by atoms with Crippen LogP contribution in [0.4, 0.5) is 5.13 Å². The number of hydrogen-bond acceptors (Lipinski definition) is 6. The third-order valence-electron chi connectivity index (χ3n) is 2.56. The molecule has 22 heavy (non-hydrogen) atoms. The lowest BCUT2D eigenvalue weighted by Gasteiger charge is -2.01. The highest BCUT2D eigenvalue weighted by atomic mass is 35.5. The van der Waals surface area contributed by atoms with Gasteiger partial charge in [-0.3, -0.25) is 10.1 Å². The third-order valence-corrected chi connectivity index (χ3v) is 5.88. The molecule has 0 saturated heterocycles. The molecule has 2 rings (SSSR count). The number of amides is 1. The molecule has 0 unspecified atom stereocenters. The van der Waals surface area contributed by atoms with E-state index in [1.807, 2.05) is 24.3 Å². The van der Waals surface area contributed by atoms with Crippen molar-refractivity contribution in [2.75, 3.05) is 16.8 Å². The molecular formula is C14H16ClN3OS3. The Labute approximate surface area is 147 Å². The molecule has 0 aliphatic carbocycles. The summed E-state index contributed by atoms with van der Waals surface area (Å²) in [5.41, 5.74) is 0. The van der Waals surface area contributed by atoms with Crippen molar-refractivity contribution in [3.05, 3.63) is 29.3 Å². The van der Waals surface area contributed by atoms with E-state index in [0.717, 1.165) is 27.8 Å². The van der Waals surface area contributed by atoms with E-state index in [2.05, 4.69) is 22.4 Å². The molecule has 1 aromatic carbocycles. The van der Waals surface area contributed by atoms with Crippen LogP contribution >= 0.6 is 46.5 Å². The summed E-state index contributed by atoms with van der Waals surface area (Å²) in [6.07, 6.45) is 2.32. The number of benzene rings is 1. The van der Waals surface area contributed by atoms with Crippen LogP contribution in [0.15, 0.2) is 33.5 Å². The largest absolute Gasteiger partial charge is 0.300 e. The summed E-state index contributed by atoms with van der Waals surface area (Å²) >= 11 is 10.4. The topological polar surface area (TPSA) is 54.9 Å². The Morgan fingerprint density at radius 1 is 1.27 bits per heavy atom. The number of carbonyl (C=O) groups is 1. The summed E-state index contributed by atoms with van der Waals surface area (Å²) in [5, 5.41) is 12.1. The minimum absolute atomic E-state index is 0.0822. The van der Waals surface area contributed by atoms with Gasteiger partial charge in [-0.1, -0.05) is 48.0 Å². The number of halogens is 1. The number of rotatable bonds is 8. The summed E-state index contributed by atoms with van der Waals surface area (Å²) in [5.74, 6) is 1.28. The first kappa shape index (κ1) is 17.6. The normalized spacial score (nSPS) is 10.6. The summed E-state index contributed by atoms with van der Waals surface area (Å²) in [6.45, 7) is 2.16. The lowest BCUT2D eigenvalue weighted by molar-refractivity contribution is -0.113. The van der Waals surface area contributed by atoms with Crippen molar-refractivity contribution in [1.29, 1.82) is 0 Å². The fourth-order valence-electron chi connectivity index (χ4n) is 1.46. The third kappa shape index (κ3) is 6.16. The van der Waals surface area contributed by atoms with E-state index >= 15 is 0 Å². The van der Waals surface area contributed by atoms with Gasteiger partial charge in [0, 0.05) is 15.7 Å². The van der Waals surface area contributed by atoms with Gasteiger partial charge in [-0.25, -0.2) is 0 Å². The lowest BCUT2D eigenvalue weighted by atomic mass is 10.4. The van der Waals surface area contributed by atoms with Gasteiger partial charge in [0.2, 0.25) is 11.0 Å². The molecule has 4 nitrogen and oxygen atoms in total. The monoisotopic (exact) mass is 373 g/mol. The Hall–Kier alpha value is -0.760. The van der Waals surface area contributed by atoms with Gasteiger partial charge in [-0.2, -0.15) is 0 Å². The van der Waals surface area contributed by atoms with Crippen LogP contribution in [-0.2, 0) is 4.79 Å². The van der Waals surface area contributed by atoms with Crippen molar-refractivity contribution in [3.8, 4) is 0 Å². The fraction of sp³-hybridized carbons (Fsp3) is 0.357. The lowest BCUT2D eigenvalue weighted by Crippen LogP contribution is -2.13. The Bertz CT molecular complexity index is 604. The first-order chi connectivity index (χ1) is 10.7. The van der Waals surface area contributed by atoms with Crippen molar-refractivity contribution in [1.82, 2.24) is 10.2 Å². The maximum Gasteiger partial charge on any atom is 0.236 e. The maximum absolute atomic E-state index is 11.9. The molecule has 0 aliphatic rings. The van der Waals surface area contributed by atoms with Crippen LogP contribution in [0.5, 0.6) is 0 Å². The van der Waals surface area contributed by atoms with Crippen molar-refractivity contribution in [2.45, 2.75) is 29.0 Å². The molecule has 0 radical (unpaired) electrons. The summed E-state index contributed by atoms with van der Waals surface area (Å²) in [6, 6.07) is 7.42. The molecule has 0 saturated carbocycles. The van der Waals surface area contributed by atoms with E-state index < -0.39 is 0 Å². The first-order valence-corrected chi connectivity index (χ1v) is 9.98. The van der Waals surface area contributed by atoms with E-state index in [0.29, 0.717) is 15.9 Å². The molecular weight excluding hydrogens is 358 g/mol. The Morgan fingerprint density at radius 2 is 2.05 bits per heavy atom. The average Bonchev–Trinajstić information content (AvgIpc) is 2.94. The highest BCUT2D eigenvalue weighted by Crippen LogP contribution is 2.26. The van der Waals surface area contributed by atoms with Crippen LogP contribution in [0, 0.1) is 0 Å². The van der Waals surface area contributed by atoms with Gasteiger partial charge < -0.3 is 0 Å². The van der Waals surface area contributed by atoms with Crippen molar-refractivity contribution >= 4 is 57.5 Å². The molecule has 0 spiro atoms. The van der Waals surface area contributed by atoms with Gasteiger partial charge in [-0.15, -0.1) is 22.0 Å². The maximum atomic E-state index is 11.9. The number of nitrogens with zero attached hydrogens (tertiary/aromatic N) is 2. The van der Waals surface area contributed by atoms with Gasteiger partial charge in [0.25, 0.3) is 0 Å². The van der Waals surface area contributed by atoms with Gasteiger partial charge in [0.15, 0.2) is 4.34 Å². The van der Waals surface area contributed by atoms with E-state index in [1.165, 1.54) is 23.1 Å². The number of aromatic nitrogens is 2. The first-order valence-electron chi connectivity index (χ1n) is 6.82. The van der Waals surface area contributed by atoms with Gasteiger partial charge in [0.1, 0.15) is 0 Å². The molecule has 1 aromatic heterocycles. The molecule has 118 valence electrons. The van der Waals surface area contributed by atoms with E-state index in [1.54, 1.807) is 11.8 Å². The zero-order valence-corrected chi connectivity index (χ0v) is 15.2. The van der Waals surface area contributed by atoms with Crippen LogP contribution in [0.3, 0.4) is 0 Å². The number of carbonyl (C=O) groups excluding carboxylic acids is 1. The number of anilines is 1. The zero-order valence-electron chi connectivity index (χ0n) is 12.0. The van der Waals surface area contributed by atoms with Crippen LogP contribution in [0.1, 0.15) is 19.8 Å². The van der Waals surface area contributed by atoms with Crippen LogP contribution in [-0.4, -0.2) is 27.6 Å². The second-order valence-corrected chi connectivity index (χ2v) is 8.17. The van der Waals surface area contributed by atoms with Crippen LogP contribution < -0.4 is 5.32 Å². The minimum atomic E-state index is -0.0822. The second kappa shape index (κ2) is 9.39. The minimum Gasteiger partial charge on any atom is -0.300 e. The number of hydrogen-bond donors (Lipinski definition) is 1. The predicted molar refractivity (Wildman–Crippen MR) is 96.3 cm³/mol. The molecule has 0 fully saturated rings. The smallest absolute Gasteiger partial charge is 0.236 e. The Morgan fingerprint density at radius 3 is 2.77 bits per heavy atom. The SMILES string of the molecule is CCCCSc1nnc(NC(=O)CSc2ccc(Cl)cc2)s1. The molecule has 1 amide bonds. The molecule has 0 aliphatic heterocycles. The molecule has 0 atom stereocenters. The predicted octanol–water partition coefficient (Wildman–Crippen LogP) is 4.81. The summed E-state index contributed by atoms with van der Waals surface area (Å²) in [7, 11) is 0. The van der Waals surface area contributed by atoms with E-state index in [4.69, 9.17) is 11.6 Å². The summed E-state index contributed by atoms with van der Waals surface area (Å²) in [4.78, 5) is 12.9. The number of thioether (sulfide) groups is 2. The van der Waals surface area contributed by atoms with Crippen LogP contribution in [0.25, 0.3) is 0 Å². The molecule has 8 heteroatoms. The van der Waals surface area contributed by atoms with E-state index in [9.17, 15) is 4.79 Å². The van der Waals surface area contributed by atoms with E-state index in [-0.39, 0.29) is 5.91 Å². The van der Waals surface area contributed by atoms with Gasteiger partial charge >= 0.3 is 0 Å². The number of unbranched alkanes of at least 4 members (excludes halogenated alkanes) is 1. The van der Waals surface area contributed by atoms with Crippen molar-refractivity contribution in [3.63, 3.8) is 0 Å². The summed E-state index contributed by atoms with van der Waals surface area (Å²) < 4.78 is 0.897. The zero-order chi connectivity index (χ0) is 15.8. The molecule has 0 bridgehead atoms. The highest BCUT2D eigenvalue weighted by Gasteiger charge is 2.09. The average molecular weight is 374 g/mol. The second-order valence-electron chi connectivity index (χ2n) is 4.37. The molecule has 1 heterocycles. The number of nitrogens with one attached hydrogen (secondary N) is 1. The van der Waals surface area contributed by atoms with Crippen molar-refractivity contribution < 1.29 is 4.79 Å². The Balaban J connectivity index is 1.75. The van der Waals surface area contributed by atoms with Gasteiger partial charge in [-0.05, 0) is 30.7 Å². The van der Waals surface area contributed by atoms with Gasteiger partial charge in [0.05, 0.1) is 5.75 Å². The highest BCUT2D eigenvalue weighted by molar-refractivity contribution is 8.01. The van der Waals surface area contributed by atoms with Crippen molar-refractivity contribution in [2.24, 2.45) is 0 Å². The van der Waals surface area contributed by atoms with Crippen LogP contribution in [0.2, 0.25) is 5.02 Å². The standard InChI is InChI=1S/C14H16ClN3OS3/c1-2-3-8-20-14-18-17-13(22-14)16-12(19)9-21-11-6-4-10(15)5-7-11/h4-7H,2-3,8-9H2,1H3,(H,16,17,19). The Kier molecular flexibility index (Phi) is 7.51. The molecule has 1 N–H and O–H groups in total.